The maximum atomic E-state index is 13.8. The minimum Gasteiger partial charge on any atom is -0.323 e. The van der Waals surface area contributed by atoms with E-state index in [0.29, 0.717) is 22.5 Å². The molecule has 0 saturated carbocycles. The zero-order valence-electron chi connectivity index (χ0n) is 15.1. The second kappa shape index (κ2) is 9.03. The molecule has 0 bridgehead atoms. The van der Waals surface area contributed by atoms with E-state index < -0.39 is 11.1 Å². The number of aromatic nitrogens is 3. The molecule has 0 aliphatic heterocycles. The highest BCUT2D eigenvalue weighted by Gasteiger charge is 2.21. The molecule has 0 fully saturated rings. The van der Waals surface area contributed by atoms with Crippen LogP contribution in [0.4, 0.5) is 10.1 Å². The molecule has 144 valence electrons. The quantitative estimate of drug-likeness (QED) is 0.433. The van der Waals surface area contributed by atoms with Gasteiger partial charge in [-0.15, -0.1) is 16.8 Å². The fraction of sp³-hybridized carbons (Fsp3) is 0.150. The van der Waals surface area contributed by atoms with Gasteiger partial charge in [0.1, 0.15) is 5.82 Å². The normalized spacial score (nSPS) is 11.8. The molecule has 28 heavy (non-hydrogen) atoms. The van der Waals surface area contributed by atoms with Gasteiger partial charge in [0.25, 0.3) is 0 Å². The Labute approximate surface area is 171 Å². The fourth-order valence-corrected chi connectivity index (χ4v) is 3.48. The van der Waals surface area contributed by atoms with Crippen LogP contribution in [-0.4, -0.2) is 25.9 Å². The minimum atomic E-state index is -0.509. The van der Waals surface area contributed by atoms with Crippen LogP contribution in [-0.2, 0) is 11.3 Å². The molecule has 0 radical (unpaired) electrons. The summed E-state index contributed by atoms with van der Waals surface area (Å²) in [5.74, 6) is -0.148. The van der Waals surface area contributed by atoms with Crippen LogP contribution in [0.1, 0.15) is 6.92 Å². The molecule has 3 rings (SSSR count). The van der Waals surface area contributed by atoms with Crippen molar-refractivity contribution < 1.29 is 9.18 Å². The van der Waals surface area contributed by atoms with E-state index in [0.717, 1.165) is 5.56 Å². The zero-order chi connectivity index (χ0) is 20.1. The Morgan fingerprint density at radius 3 is 2.68 bits per heavy atom. The Morgan fingerprint density at radius 1 is 1.29 bits per heavy atom. The van der Waals surface area contributed by atoms with E-state index in [1.807, 2.05) is 16.7 Å². The molecule has 0 spiro atoms. The van der Waals surface area contributed by atoms with Gasteiger partial charge in [-0.1, -0.05) is 41.6 Å². The number of hydrogen-bond donors (Lipinski definition) is 1. The first kappa shape index (κ1) is 20.1. The Balaban J connectivity index is 1.79. The summed E-state index contributed by atoms with van der Waals surface area (Å²) in [6, 6.07) is 13.3. The summed E-state index contributed by atoms with van der Waals surface area (Å²) in [7, 11) is 0. The molecule has 1 atom stereocenters. The van der Waals surface area contributed by atoms with Gasteiger partial charge in [0.05, 0.1) is 10.9 Å². The molecular weight excluding hydrogens is 399 g/mol. The Bertz CT molecular complexity index is 990. The number of hydrogen-bond acceptors (Lipinski definition) is 4. The lowest BCUT2D eigenvalue weighted by Crippen LogP contribution is -2.23. The van der Waals surface area contributed by atoms with Crippen molar-refractivity contribution >= 4 is 35.0 Å². The van der Waals surface area contributed by atoms with Crippen LogP contribution in [0.5, 0.6) is 0 Å². The molecule has 0 aliphatic carbocycles. The predicted molar refractivity (Wildman–Crippen MR) is 111 cm³/mol. The largest absolute Gasteiger partial charge is 0.323 e. The number of halogens is 2. The van der Waals surface area contributed by atoms with Crippen LogP contribution in [0.2, 0.25) is 5.02 Å². The molecule has 0 aliphatic rings. The summed E-state index contributed by atoms with van der Waals surface area (Å²) in [6.45, 7) is 5.99. The fourth-order valence-electron chi connectivity index (χ4n) is 2.49. The number of carbonyl (C=O) groups is 1. The first-order valence-electron chi connectivity index (χ1n) is 8.51. The lowest BCUT2D eigenvalue weighted by atomic mass is 10.2. The van der Waals surface area contributed by atoms with Crippen molar-refractivity contribution in [1.29, 1.82) is 0 Å². The summed E-state index contributed by atoms with van der Waals surface area (Å²) in [6.07, 6.45) is 1.73. The van der Waals surface area contributed by atoms with Crippen molar-refractivity contribution in [3.05, 3.63) is 72.0 Å². The minimum absolute atomic E-state index is 0.148. The van der Waals surface area contributed by atoms with Gasteiger partial charge < -0.3 is 5.32 Å². The maximum absolute atomic E-state index is 13.8. The summed E-state index contributed by atoms with van der Waals surface area (Å²) in [5, 5.41) is 11.8. The Hall–Kier alpha value is -2.64. The third kappa shape index (κ3) is 4.61. The number of allylic oxidation sites excluding steroid dienone is 1. The van der Waals surface area contributed by atoms with Crippen LogP contribution < -0.4 is 5.32 Å². The summed E-state index contributed by atoms with van der Waals surface area (Å²) < 4.78 is 15.6. The number of para-hydroxylation sites is 1. The van der Waals surface area contributed by atoms with E-state index in [2.05, 4.69) is 22.1 Å². The van der Waals surface area contributed by atoms with Crippen molar-refractivity contribution in [2.75, 3.05) is 5.32 Å². The summed E-state index contributed by atoms with van der Waals surface area (Å²) in [4.78, 5) is 12.5. The van der Waals surface area contributed by atoms with Crippen LogP contribution in [0.25, 0.3) is 11.4 Å². The average Bonchev–Trinajstić information content (AvgIpc) is 3.07. The van der Waals surface area contributed by atoms with Crippen LogP contribution in [0.15, 0.2) is 66.3 Å². The second-order valence-electron chi connectivity index (χ2n) is 5.94. The molecule has 8 heteroatoms. The van der Waals surface area contributed by atoms with Crippen molar-refractivity contribution in [2.24, 2.45) is 0 Å². The van der Waals surface area contributed by atoms with E-state index in [4.69, 9.17) is 11.6 Å². The van der Waals surface area contributed by atoms with Crippen molar-refractivity contribution in [3.63, 3.8) is 0 Å². The van der Waals surface area contributed by atoms with E-state index in [-0.39, 0.29) is 11.6 Å². The first-order valence-corrected chi connectivity index (χ1v) is 9.77. The van der Waals surface area contributed by atoms with E-state index >= 15 is 0 Å². The summed E-state index contributed by atoms with van der Waals surface area (Å²) >= 11 is 7.20. The van der Waals surface area contributed by atoms with Gasteiger partial charge in [0.2, 0.25) is 5.91 Å². The number of nitrogens with zero attached hydrogens (tertiary/aromatic N) is 3. The van der Waals surface area contributed by atoms with Crippen LogP contribution >= 0.6 is 23.4 Å². The van der Waals surface area contributed by atoms with Gasteiger partial charge >= 0.3 is 0 Å². The number of nitrogens with one attached hydrogen (secondary N) is 1. The third-order valence-electron chi connectivity index (χ3n) is 3.91. The Kier molecular flexibility index (Phi) is 6.49. The predicted octanol–water partition coefficient (Wildman–Crippen LogP) is 5.04. The maximum Gasteiger partial charge on any atom is 0.237 e. The van der Waals surface area contributed by atoms with Gasteiger partial charge in [-0.05, 0) is 43.3 Å². The number of anilines is 1. The van der Waals surface area contributed by atoms with Crippen LogP contribution in [0.3, 0.4) is 0 Å². The van der Waals surface area contributed by atoms with Gasteiger partial charge in [0.15, 0.2) is 11.0 Å². The number of rotatable bonds is 7. The number of amides is 1. The topological polar surface area (TPSA) is 59.8 Å². The second-order valence-corrected chi connectivity index (χ2v) is 7.69. The highest BCUT2D eigenvalue weighted by molar-refractivity contribution is 8.00. The number of carbonyl (C=O) groups excluding carboxylic acids is 1. The number of thioether (sulfide) groups is 1. The highest BCUT2D eigenvalue weighted by atomic mass is 35.5. The van der Waals surface area contributed by atoms with E-state index in [1.165, 1.54) is 23.9 Å². The third-order valence-corrected chi connectivity index (χ3v) is 5.25. The molecule has 3 aromatic rings. The Morgan fingerprint density at radius 2 is 2.00 bits per heavy atom. The molecule has 1 aromatic heterocycles. The van der Waals surface area contributed by atoms with Crippen molar-refractivity contribution in [1.82, 2.24) is 14.8 Å². The molecule has 1 N–H and O–H groups in total. The zero-order valence-corrected chi connectivity index (χ0v) is 16.7. The lowest BCUT2D eigenvalue weighted by Gasteiger charge is -2.13. The average molecular weight is 417 g/mol. The van der Waals surface area contributed by atoms with Gasteiger partial charge in [-0.3, -0.25) is 9.36 Å². The molecule has 2 aromatic carbocycles. The summed E-state index contributed by atoms with van der Waals surface area (Å²) in [5.41, 5.74) is 1.00. The first-order chi connectivity index (χ1) is 13.5. The molecule has 1 amide bonds. The van der Waals surface area contributed by atoms with Crippen LogP contribution in [0, 0.1) is 5.82 Å². The molecule has 5 nitrogen and oxygen atoms in total. The smallest absolute Gasteiger partial charge is 0.237 e. The monoisotopic (exact) mass is 416 g/mol. The van der Waals surface area contributed by atoms with E-state index in [9.17, 15) is 9.18 Å². The van der Waals surface area contributed by atoms with Crippen molar-refractivity contribution in [2.45, 2.75) is 23.9 Å². The van der Waals surface area contributed by atoms with E-state index in [1.54, 1.807) is 37.3 Å². The highest BCUT2D eigenvalue weighted by Crippen LogP contribution is 2.28. The molecule has 0 saturated heterocycles. The SMILES string of the molecule is C=CCn1c(S[C@H](C)C(=O)Nc2ccccc2F)nnc1-c1ccc(Cl)cc1. The number of benzene rings is 2. The van der Waals surface area contributed by atoms with Gasteiger partial charge in [-0.2, -0.15) is 0 Å². The van der Waals surface area contributed by atoms with Gasteiger partial charge in [-0.25, -0.2) is 4.39 Å². The lowest BCUT2D eigenvalue weighted by molar-refractivity contribution is -0.115. The van der Waals surface area contributed by atoms with Crippen molar-refractivity contribution in [3.8, 4) is 11.4 Å². The standard InChI is InChI=1S/C20H18ClFN4OS/c1-3-12-26-18(14-8-10-15(21)11-9-14)24-25-20(26)28-13(2)19(27)23-17-7-5-4-6-16(17)22/h3-11,13H,1,12H2,2H3,(H,23,27)/t13-/m1/s1. The van der Waals surface area contributed by atoms with Gasteiger partial charge in [0, 0.05) is 17.1 Å². The molecular formula is C20H18ClFN4OS. The molecule has 0 unspecified atom stereocenters. The molecule has 1 heterocycles.